The van der Waals surface area contributed by atoms with Gasteiger partial charge in [-0.2, -0.15) is 0 Å². The van der Waals surface area contributed by atoms with Crippen LogP contribution in [-0.4, -0.2) is 0 Å². The largest absolute Gasteiger partial charge is 0.311 e. The minimum Gasteiger partial charge on any atom is -0.311 e. The lowest BCUT2D eigenvalue weighted by Crippen LogP contribution is -2.09. The average Bonchev–Trinajstić information content (AvgIpc) is 3.37. The maximum Gasteiger partial charge on any atom is 0.0462 e. The van der Waals surface area contributed by atoms with E-state index < -0.39 is 0 Å². The Labute approximate surface area is 369 Å². The van der Waals surface area contributed by atoms with Gasteiger partial charge >= 0.3 is 0 Å². The molecule has 11 rings (SSSR count). The van der Waals surface area contributed by atoms with Crippen molar-refractivity contribution in [2.45, 2.75) is 0 Å². The highest BCUT2D eigenvalue weighted by Crippen LogP contribution is 2.48. The lowest BCUT2D eigenvalue weighted by Gasteiger charge is -2.26. The first kappa shape index (κ1) is 37.7. The third-order valence-electron chi connectivity index (χ3n) is 12.3. The van der Waals surface area contributed by atoms with Crippen LogP contribution in [0.5, 0.6) is 0 Å². The quantitative estimate of drug-likeness (QED) is 0.131. The van der Waals surface area contributed by atoms with Crippen molar-refractivity contribution in [3.8, 4) is 66.8 Å². The predicted molar refractivity (Wildman–Crippen MR) is 269 cm³/mol. The molecule has 0 heterocycles. The van der Waals surface area contributed by atoms with E-state index in [0.717, 1.165) is 17.1 Å². The molecule has 0 unspecified atom stereocenters. The van der Waals surface area contributed by atoms with Crippen LogP contribution in [0.2, 0.25) is 0 Å². The fourth-order valence-electron chi connectivity index (χ4n) is 9.35. The van der Waals surface area contributed by atoms with Crippen LogP contribution in [0.25, 0.3) is 88.3 Å². The van der Waals surface area contributed by atoms with E-state index in [9.17, 15) is 0 Å². The van der Waals surface area contributed by atoms with Crippen molar-refractivity contribution in [3.63, 3.8) is 0 Å². The molecule has 0 N–H and O–H groups in total. The summed E-state index contributed by atoms with van der Waals surface area (Å²) in [6, 6.07) is 94.5. The van der Waals surface area contributed by atoms with E-state index in [1.807, 2.05) is 0 Å². The standard InChI is InChI=1S/C62H43N/c1-6-19-45(20-7-1)54-42-37-50(43-59(54)46-21-8-2-9-22-46)44-33-38-52(39-34-44)63(51-27-14-5-15-28-51)53-40-35-47(36-41-53)55-31-18-32-58-56-29-16-17-30-57(56)60(48-23-10-3-11-24-48)61(62(55)58)49-25-12-4-13-26-49/h1-43H. The zero-order valence-electron chi connectivity index (χ0n) is 34.8. The molecule has 0 aliphatic carbocycles. The van der Waals surface area contributed by atoms with E-state index in [4.69, 9.17) is 0 Å². The van der Waals surface area contributed by atoms with Crippen LogP contribution in [0.1, 0.15) is 0 Å². The number of hydrogen-bond donors (Lipinski definition) is 0. The van der Waals surface area contributed by atoms with Crippen LogP contribution in [-0.2, 0) is 0 Å². The van der Waals surface area contributed by atoms with Crippen LogP contribution in [0, 0.1) is 0 Å². The van der Waals surface area contributed by atoms with Gasteiger partial charge < -0.3 is 4.90 Å². The minimum absolute atomic E-state index is 1.09. The zero-order valence-corrected chi connectivity index (χ0v) is 34.8. The minimum atomic E-state index is 1.09. The van der Waals surface area contributed by atoms with Crippen LogP contribution in [0.15, 0.2) is 261 Å². The van der Waals surface area contributed by atoms with E-state index in [0.29, 0.717) is 0 Å². The average molecular weight is 802 g/mol. The van der Waals surface area contributed by atoms with Crippen molar-refractivity contribution in [1.29, 1.82) is 0 Å². The first-order valence-corrected chi connectivity index (χ1v) is 21.7. The molecule has 63 heavy (non-hydrogen) atoms. The molecule has 0 saturated heterocycles. The molecule has 0 amide bonds. The second kappa shape index (κ2) is 16.7. The van der Waals surface area contributed by atoms with Crippen molar-refractivity contribution in [2.75, 3.05) is 4.90 Å². The van der Waals surface area contributed by atoms with Gasteiger partial charge in [-0.25, -0.2) is 0 Å². The highest BCUT2D eigenvalue weighted by molar-refractivity contribution is 6.24. The van der Waals surface area contributed by atoms with Gasteiger partial charge in [-0.3, -0.25) is 0 Å². The van der Waals surface area contributed by atoms with Gasteiger partial charge in [0.25, 0.3) is 0 Å². The smallest absolute Gasteiger partial charge is 0.0462 e. The molecule has 0 saturated carbocycles. The highest BCUT2D eigenvalue weighted by atomic mass is 15.1. The van der Waals surface area contributed by atoms with Gasteiger partial charge in [0.2, 0.25) is 0 Å². The maximum atomic E-state index is 2.35. The normalized spacial score (nSPS) is 11.2. The maximum absolute atomic E-state index is 2.35. The third kappa shape index (κ3) is 7.16. The molecule has 296 valence electrons. The molecule has 0 fully saturated rings. The number of rotatable bonds is 9. The van der Waals surface area contributed by atoms with Gasteiger partial charge in [0, 0.05) is 17.1 Å². The molecular formula is C62H43N. The van der Waals surface area contributed by atoms with Crippen LogP contribution < -0.4 is 4.90 Å². The summed E-state index contributed by atoms with van der Waals surface area (Å²) >= 11 is 0. The first-order chi connectivity index (χ1) is 31.3. The Kier molecular flexibility index (Phi) is 9.97. The van der Waals surface area contributed by atoms with Gasteiger partial charge in [0.05, 0.1) is 0 Å². The summed E-state index contributed by atoms with van der Waals surface area (Å²) in [5.41, 5.74) is 17.8. The molecule has 0 atom stereocenters. The van der Waals surface area contributed by atoms with Crippen molar-refractivity contribution in [1.82, 2.24) is 0 Å². The Morgan fingerprint density at radius 1 is 0.206 bits per heavy atom. The number of nitrogens with zero attached hydrogens (tertiary/aromatic N) is 1. The number of anilines is 3. The SMILES string of the molecule is c1ccc(-c2ccc(-c3ccc(N(c4ccccc4)c4ccc(-c5cccc6c5c(-c5ccccc5)c(-c5ccccc5)c5ccccc56)cc4)cc3)cc2-c2ccccc2)cc1. The van der Waals surface area contributed by atoms with Crippen molar-refractivity contribution in [2.24, 2.45) is 0 Å². The molecule has 0 aliphatic rings. The monoisotopic (exact) mass is 801 g/mol. The number of benzene rings is 11. The molecule has 11 aromatic rings. The Morgan fingerprint density at radius 2 is 0.619 bits per heavy atom. The molecule has 0 spiro atoms. The summed E-state index contributed by atoms with van der Waals surface area (Å²) < 4.78 is 0. The Balaban J connectivity index is 1.01. The van der Waals surface area contributed by atoms with E-state index >= 15 is 0 Å². The second-order valence-corrected chi connectivity index (χ2v) is 16.0. The molecule has 11 aromatic carbocycles. The van der Waals surface area contributed by atoms with Crippen molar-refractivity contribution < 1.29 is 0 Å². The fraction of sp³-hybridized carbons (Fsp3) is 0. The van der Waals surface area contributed by atoms with Crippen molar-refractivity contribution in [3.05, 3.63) is 261 Å². The molecule has 0 bridgehead atoms. The molecule has 1 heteroatoms. The second-order valence-electron chi connectivity index (χ2n) is 16.0. The van der Waals surface area contributed by atoms with Gasteiger partial charge in [0.15, 0.2) is 0 Å². The van der Waals surface area contributed by atoms with Gasteiger partial charge in [-0.05, 0) is 131 Å². The molecular weight excluding hydrogens is 759 g/mol. The molecule has 0 aromatic heterocycles. The van der Waals surface area contributed by atoms with Crippen LogP contribution in [0.3, 0.4) is 0 Å². The third-order valence-corrected chi connectivity index (χ3v) is 12.3. The van der Waals surface area contributed by atoms with Crippen LogP contribution >= 0.6 is 0 Å². The fourth-order valence-corrected chi connectivity index (χ4v) is 9.35. The predicted octanol–water partition coefficient (Wildman–Crippen LogP) is 17.5. The topological polar surface area (TPSA) is 3.24 Å². The number of para-hydroxylation sites is 1. The Hall–Kier alpha value is -8.26. The summed E-state index contributed by atoms with van der Waals surface area (Å²) in [7, 11) is 0. The van der Waals surface area contributed by atoms with Gasteiger partial charge in [-0.1, -0.05) is 218 Å². The zero-order chi connectivity index (χ0) is 42.0. The molecule has 0 aliphatic heterocycles. The summed E-state index contributed by atoms with van der Waals surface area (Å²) in [4.78, 5) is 2.35. The Morgan fingerprint density at radius 3 is 1.21 bits per heavy atom. The van der Waals surface area contributed by atoms with Gasteiger partial charge in [0.1, 0.15) is 0 Å². The molecule has 1 nitrogen and oxygen atoms in total. The van der Waals surface area contributed by atoms with E-state index in [-0.39, 0.29) is 0 Å². The van der Waals surface area contributed by atoms with E-state index in [1.165, 1.54) is 88.3 Å². The lowest BCUT2D eigenvalue weighted by atomic mass is 9.82. The summed E-state index contributed by atoms with van der Waals surface area (Å²) in [6.07, 6.45) is 0. The first-order valence-electron chi connectivity index (χ1n) is 21.7. The lowest BCUT2D eigenvalue weighted by molar-refractivity contribution is 1.28. The summed E-state index contributed by atoms with van der Waals surface area (Å²) in [6.45, 7) is 0. The van der Waals surface area contributed by atoms with Gasteiger partial charge in [-0.15, -0.1) is 0 Å². The van der Waals surface area contributed by atoms with Crippen molar-refractivity contribution >= 4 is 38.6 Å². The Bertz CT molecular complexity index is 3320. The van der Waals surface area contributed by atoms with E-state index in [1.54, 1.807) is 0 Å². The summed E-state index contributed by atoms with van der Waals surface area (Å²) in [5, 5.41) is 5.03. The number of fused-ring (bicyclic) bond motifs is 3. The summed E-state index contributed by atoms with van der Waals surface area (Å²) in [5.74, 6) is 0. The highest BCUT2D eigenvalue weighted by Gasteiger charge is 2.21. The molecule has 0 radical (unpaired) electrons. The van der Waals surface area contributed by atoms with E-state index in [2.05, 4.69) is 266 Å². The van der Waals surface area contributed by atoms with Crippen LogP contribution in [0.4, 0.5) is 17.1 Å². The number of hydrogen-bond acceptors (Lipinski definition) is 1.